The van der Waals surface area contributed by atoms with Gasteiger partial charge in [-0.3, -0.25) is 4.79 Å². The zero-order valence-electron chi connectivity index (χ0n) is 27.9. The molecule has 1 aromatic carbocycles. The Kier molecular flexibility index (Phi) is 10.8. The number of hydrogen-bond acceptors (Lipinski definition) is 10. The van der Waals surface area contributed by atoms with Gasteiger partial charge in [0.05, 0.1) is 11.0 Å². The van der Waals surface area contributed by atoms with Crippen LogP contribution >= 0.6 is 0 Å². The monoisotopic (exact) mass is 618 g/mol. The predicted molar refractivity (Wildman–Crippen MR) is 163 cm³/mol. The SMILES string of the molecule is CC(C)(C)OC(=O)N(C(=O)CCCN(C(=O)OC(C)(C)C)c1nc2ccccc2n1C(=O)OC(C)(C)C)C(=O)OC(C)(C)C. The standard InChI is InChI=1S/C31H46N4O9/c1-28(2,3)41-24(37)33(23-32-20-16-13-14-17-21(20)34(23)25(38)42-29(4,5)6)19-15-18-22(36)35(26(39)43-30(7,8)9)27(40)44-31(10,11)12/h13-14,16-17H,15,18-19H2,1-12H3. The molecule has 0 aliphatic carbocycles. The lowest BCUT2D eigenvalue weighted by Gasteiger charge is -2.28. The summed E-state index contributed by atoms with van der Waals surface area (Å²) in [6.45, 7) is 19.6. The summed E-state index contributed by atoms with van der Waals surface area (Å²) in [5.41, 5.74) is -2.94. The molecule has 0 saturated carbocycles. The van der Waals surface area contributed by atoms with Crippen LogP contribution in [0.1, 0.15) is 95.9 Å². The van der Waals surface area contributed by atoms with Gasteiger partial charge in [0, 0.05) is 13.0 Å². The highest BCUT2D eigenvalue weighted by Crippen LogP contribution is 2.27. The van der Waals surface area contributed by atoms with Gasteiger partial charge < -0.3 is 18.9 Å². The first-order valence-corrected chi connectivity index (χ1v) is 14.4. The molecule has 0 bridgehead atoms. The van der Waals surface area contributed by atoms with Crippen molar-refractivity contribution in [1.82, 2.24) is 14.5 Å². The van der Waals surface area contributed by atoms with Crippen molar-refractivity contribution in [3.05, 3.63) is 24.3 Å². The van der Waals surface area contributed by atoms with Crippen molar-refractivity contribution < 1.29 is 42.9 Å². The number of carbonyl (C=O) groups is 5. The zero-order valence-corrected chi connectivity index (χ0v) is 27.9. The minimum atomic E-state index is -1.19. The van der Waals surface area contributed by atoms with E-state index in [0.717, 1.165) is 4.90 Å². The summed E-state index contributed by atoms with van der Waals surface area (Å²) < 4.78 is 22.9. The number of para-hydroxylation sites is 2. The van der Waals surface area contributed by atoms with E-state index in [4.69, 9.17) is 18.9 Å². The number of carbonyl (C=O) groups excluding carboxylic acids is 5. The van der Waals surface area contributed by atoms with Crippen molar-refractivity contribution in [2.45, 2.75) is 118 Å². The van der Waals surface area contributed by atoms with Crippen LogP contribution in [-0.2, 0) is 23.7 Å². The number of aromatic nitrogens is 2. The van der Waals surface area contributed by atoms with Gasteiger partial charge in [-0.05, 0) is 102 Å². The highest BCUT2D eigenvalue weighted by atomic mass is 16.6. The number of ether oxygens (including phenoxy) is 4. The maximum absolute atomic E-state index is 13.5. The Morgan fingerprint density at radius 3 is 1.61 bits per heavy atom. The minimum Gasteiger partial charge on any atom is -0.443 e. The van der Waals surface area contributed by atoms with Crippen molar-refractivity contribution >= 4 is 47.3 Å². The minimum absolute atomic E-state index is 0.0578. The lowest BCUT2D eigenvalue weighted by atomic mass is 10.2. The van der Waals surface area contributed by atoms with Gasteiger partial charge in [-0.1, -0.05) is 12.1 Å². The second-order valence-corrected chi connectivity index (χ2v) is 14.1. The van der Waals surface area contributed by atoms with Gasteiger partial charge in [-0.25, -0.2) is 33.6 Å². The van der Waals surface area contributed by atoms with Crippen molar-refractivity contribution in [2.75, 3.05) is 11.4 Å². The molecule has 0 unspecified atom stereocenters. The quantitative estimate of drug-likeness (QED) is 0.320. The van der Waals surface area contributed by atoms with E-state index in [-0.39, 0.29) is 25.3 Å². The molecule has 13 heteroatoms. The van der Waals surface area contributed by atoms with Crippen molar-refractivity contribution in [3.63, 3.8) is 0 Å². The Morgan fingerprint density at radius 2 is 1.14 bits per heavy atom. The van der Waals surface area contributed by atoms with Gasteiger partial charge in [0.2, 0.25) is 11.9 Å². The fourth-order valence-electron chi connectivity index (χ4n) is 3.67. The molecule has 44 heavy (non-hydrogen) atoms. The van der Waals surface area contributed by atoms with E-state index in [1.807, 2.05) is 0 Å². The number of fused-ring (bicyclic) bond motifs is 1. The summed E-state index contributed by atoms with van der Waals surface area (Å²) in [5, 5.41) is 0. The number of amides is 4. The first-order chi connectivity index (χ1) is 19.9. The van der Waals surface area contributed by atoms with Crippen LogP contribution in [0, 0.1) is 0 Å². The smallest absolute Gasteiger partial charge is 0.426 e. The van der Waals surface area contributed by atoms with Crippen LogP contribution in [-0.4, -0.2) is 73.7 Å². The zero-order chi connectivity index (χ0) is 33.8. The third kappa shape index (κ3) is 10.8. The largest absolute Gasteiger partial charge is 0.443 e. The molecule has 4 amide bonds. The Labute approximate surface area is 258 Å². The molecule has 1 aromatic heterocycles. The fraction of sp³-hybridized carbons (Fsp3) is 0.613. The van der Waals surface area contributed by atoms with Crippen molar-refractivity contribution in [1.29, 1.82) is 0 Å². The summed E-state index contributed by atoms with van der Waals surface area (Å²) >= 11 is 0. The molecule has 0 fully saturated rings. The summed E-state index contributed by atoms with van der Waals surface area (Å²) in [4.78, 5) is 71.9. The molecule has 0 spiro atoms. The summed E-state index contributed by atoms with van der Waals surface area (Å²) in [6, 6.07) is 6.78. The van der Waals surface area contributed by atoms with E-state index >= 15 is 0 Å². The summed E-state index contributed by atoms with van der Waals surface area (Å²) in [7, 11) is 0. The summed E-state index contributed by atoms with van der Waals surface area (Å²) in [5.74, 6) is -0.989. The molecule has 0 aliphatic rings. The van der Waals surface area contributed by atoms with Crippen molar-refractivity contribution in [2.24, 2.45) is 0 Å². The van der Waals surface area contributed by atoms with Gasteiger partial charge in [-0.2, -0.15) is 0 Å². The number of rotatable bonds is 5. The topological polar surface area (TPSA) is 147 Å². The third-order valence-electron chi connectivity index (χ3n) is 5.15. The molecule has 0 N–H and O–H groups in total. The van der Waals surface area contributed by atoms with Crippen LogP contribution in [0.2, 0.25) is 0 Å². The Hall–Kier alpha value is -4.16. The second-order valence-electron chi connectivity index (χ2n) is 14.1. The van der Waals surface area contributed by atoms with Crippen molar-refractivity contribution in [3.8, 4) is 0 Å². The Balaban J connectivity index is 2.47. The predicted octanol–water partition coefficient (Wildman–Crippen LogP) is 7.04. The lowest BCUT2D eigenvalue weighted by molar-refractivity contribution is -0.129. The van der Waals surface area contributed by atoms with Gasteiger partial charge in [0.15, 0.2) is 0 Å². The number of benzene rings is 1. The Morgan fingerprint density at radius 1 is 0.682 bits per heavy atom. The molecular formula is C31H46N4O9. The van der Waals surface area contributed by atoms with Crippen LogP contribution in [0.15, 0.2) is 24.3 Å². The highest BCUT2D eigenvalue weighted by Gasteiger charge is 2.37. The molecule has 0 radical (unpaired) electrons. The van der Waals surface area contributed by atoms with Crippen LogP contribution in [0.25, 0.3) is 11.0 Å². The van der Waals surface area contributed by atoms with Crippen LogP contribution in [0.4, 0.5) is 25.1 Å². The first-order valence-electron chi connectivity index (χ1n) is 14.4. The van der Waals surface area contributed by atoms with Crippen LogP contribution in [0.3, 0.4) is 0 Å². The normalized spacial score (nSPS) is 12.4. The maximum atomic E-state index is 13.5. The van der Waals surface area contributed by atoms with E-state index in [1.54, 1.807) is 107 Å². The number of anilines is 1. The Bertz CT molecular complexity index is 1360. The molecule has 0 aliphatic heterocycles. The molecule has 1 heterocycles. The molecule has 244 valence electrons. The van der Waals surface area contributed by atoms with Crippen LogP contribution in [0.5, 0.6) is 0 Å². The molecule has 0 saturated heterocycles. The number of imide groups is 3. The molecule has 0 atom stereocenters. The molecule has 13 nitrogen and oxygen atoms in total. The fourth-order valence-corrected chi connectivity index (χ4v) is 3.67. The molecule has 2 rings (SSSR count). The lowest BCUT2D eigenvalue weighted by Crippen LogP contribution is -2.47. The first kappa shape index (κ1) is 36.0. The van der Waals surface area contributed by atoms with E-state index in [1.165, 1.54) is 4.57 Å². The van der Waals surface area contributed by atoms with E-state index in [0.29, 0.717) is 15.9 Å². The number of nitrogens with zero attached hydrogens (tertiary/aromatic N) is 4. The molecule has 2 aromatic rings. The van der Waals surface area contributed by atoms with E-state index < -0.39 is 52.7 Å². The average molecular weight is 619 g/mol. The number of hydrogen-bond donors (Lipinski definition) is 0. The summed E-state index contributed by atoms with van der Waals surface area (Å²) in [6.07, 6.45) is -4.41. The third-order valence-corrected chi connectivity index (χ3v) is 5.15. The van der Waals surface area contributed by atoms with E-state index in [2.05, 4.69) is 4.98 Å². The highest BCUT2D eigenvalue weighted by molar-refractivity contribution is 6.06. The van der Waals surface area contributed by atoms with Gasteiger partial charge in [0.25, 0.3) is 0 Å². The molecular weight excluding hydrogens is 572 g/mol. The van der Waals surface area contributed by atoms with Gasteiger partial charge in [-0.15, -0.1) is 4.90 Å². The second kappa shape index (κ2) is 13.2. The average Bonchev–Trinajstić information content (AvgIpc) is 3.16. The maximum Gasteiger partial charge on any atom is 0.426 e. The van der Waals surface area contributed by atoms with Gasteiger partial charge in [0.1, 0.15) is 22.4 Å². The van der Waals surface area contributed by atoms with E-state index in [9.17, 15) is 24.0 Å². The van der Waals surface area contributed by atoms with Gasteiger partial charge >= 0.3 is 24.4 Å². The number of imidazole rings is 1. The van der Waals surface area contributed by atoms with Crippen LogP contribution < -0.4 is 4.90 Å².